The summed E-state index contributed by atoms with van der Waals surface area (Å²) in [5, 5.41) is 19.8. The monoisotopic (exact) mass is 322 g/mol. The second-order valence-electron chi connectivity index (χ2n) is 5.36. The summed E-state index contributed by atoms with van der Waals surface area (Å²) in [5.74, 6) is -0.0527. The first-order valence-electron chi connectivity index (χ1n) is 7.17. The Balaban J connectivity index is 1.57. The minimum absolute atomic E-state index is 0.0527. The number of hydrogen-bond acceptors (Lipinski definition) is 5. The number of thiazole rings is 1. The van der Waals surface area contributed by atoms with Crippen LogP contribution >= 0.6 is 22.7 Å². The third-order valence-electron chi connectivity index (χ3n) is 3.74. The SMILES string of the molecule is O=C(Cc1csc(-c2ccsc2)n1)N[C@H]1CCCC[C@@H]1O. The normalized spacial score (nSPS) is 22.1. The minimum atomic E-state index is -0.403. The Hall–Kier alpha value is -1.24. The molecule has 0 aromatic carbocycles. The zero-order valence-electron chi connectivity index (χ0n) is 11.6. The third-order valence-corrected chi connectivity index (χ3v) is 5.36. The number of amides is 1. The van der Waals surface area contributed by atoms with Crippen molar-refractivity contribution in [2.45, 2.75) is 44.2 Å². The fourth-order valence-electron chi connectivity index (χ4n) is 2.61. The molecule has 1 saturated carbocycles. The lowest BCUT2D eigenvalue weighted by atomic mass is 9.92. The quantitative estimate of drug-likeness (QED) is 0.910. The van der Waals surface area contributed by atoms with E-state index in [0.717, 1.165) is 41.9 Å². The molecular weight excluding hydrogens is 304 g/mol. The van der Waals surface area contributed by atoms with E-state index in [1.807, 2.05) is 16.8 Å². The van der Waals surface area contributed by atoms with E-state index in [9.17, 15) is 9.90 Å². The largest absolute Gasteiger partial charge is 0.391 e. The first kappa shape index (κ1) is 14.7. The van der Waals surface area contributed by atoms with Crippen LogP contribution in [-0.4, -0.2) is 28.1 Å². The summed E-state index contributed by atoms with van der Waals surface area (Å²) < 4.78 is 0. The molecule has 2 aromatic heterocycles. The molecule has 0 saturated heterocycles. The van der Waals surface area contributed by atoms with Crippen molar-refractivity contribution < 1.29 is 9.90 Å². The highest BCUT2D eigenvalue weighted by molar-refractivity contribution is 7.14. The molecule has 4 nitrogen and oxygen atoms in total. The van der Waals surface area contributed by atoms with E-state index in [0.29, 0.717) is 0 Å². The van der Waals surface area contributed by atoms with Gasteiger partial charge >= 0.3 is 0 Å². The smallest absolute Gasteiger partial charge is 0.226 e. The zero-order chi connectivity index (χ0) is 14.7. The Morgan fingerprint density at radius 1 is 1.38 bits per heavy atom. The van der Waals surface area contributed by atoms with Crippen LogP contribution in [0.1, 0.15) is 31.4 Å². The second-order valence-corrected chi connectivity index (χ2v) is 7.00. The van der Waals surface area contributed by atoms with Crippen LogP contribution in [0.5, 0.6) is 0 Å². The molecule has 3 rings (SSSR count). The van der Waals surface area contributed by atoms with Gasteiger partial charge in [0, 0.05) is 16.3 Å². The highest BCUT2D eigenvalue weighted by atomic mass is 32.1. The summed E-state index contributed by atoms with van der Waals surface area (Å²) in [5.41, 5.74) is 1.91. The second kappa shape index (κ2) is 6.68. The summed E-state index contributed by atoms with van der Waals surface area (Å²) >= 11 is 3.20. The molecule has 1 fully saturated rings. The van der Waals surface area contributed by atoms with Crippen LogP contribution in [0.4, 0.5) is 0 Å². The summed E-state index contributed by atoms with van der Waals surface area (Å²) in [6, 6.07) is 1.94. The third kappa shape index (κ3) is 3.70. The molecule has 1 aliphatic carbocycles. The molecule has 1 amide bonds. The Kier molecular flexibility index (Phi) is 4.67. The van der Waals surface area contributed by atoms with E-state index in [1.54, 1.807) is 22.7 Å². The first-order chi connectivity index (χ1) is 10.2. The number of aliphatic hydroxyl groups excluding tert-OH is 1. The average molecular weight is 322 g/mol. The average Bonchev–Trinajstić information content (AvgIpc) is 3.12. The number of hydrogen-bond donors (Lipinski definition) is 2. The summed E-state index contributed by atoms with van der Waals surface area (Å²) in [6.07, 6.45) is 3.64. The molecule has 0 bridgehead atoms. The number of aliphatic hydroxyl groups is 1. The molecule has 2 atom stereocenters. The fourth-order valence-corrected chi connectivity index (χ4v) is 4.14. The number of thiophene rings is 1. The van der Waals surface area contributed by atoms with Gasteiger partial charge in [0.2, 0.25) is 5.91 Å². The van der Waals surface area contributed by atoms with E-state index in [4.69, 9.17) is 0 Å². The van der Waals surface area contributed by atoms with Crippen molar-refractivity contribution in [2.75, 3.05) is 0 Å². The van der Waals surface area contributed by atoms with Crippen molar-refractivity contribution in [1.82, 2.24) is 10.3 Å². The Labute approximate surface area is 131 Å². The summed E-state index contributed by atoms with van der Waals surface area (Å²) in [7, 11) is 0. The minimum Gasteiger partial charge on any atom is -0.391 e. The van der Waals surface area contributed by atoms with Crippen LogP contribution < -0.4 is 5.32 Å². The summed E-state index contributed by atoms with van der Waals surface area (Å²) in [6.45, 7) is 0. The molecule has 1 aliphatic rings. The van der Waals surface area contributed by atoms with Crippen molar-refractivity contribution >= 4 is 28.6 Å². The van der Waals surface area contributed by atoms with Gasteiger partial charge in [-0.3, -0.25) is 4.79 Å². The number of nitrogens with zero attached hydrogens (tertiary/aromatic N) is 1. The van der Waals surface area contributed by atoms with E-state index in [-0.39, 0.29) is 18.4 Å². The number of carbonyl (C=O) groups excluding carboxylic acids is 1. The first-order valence-corrected chi connectivity index (χ1v) is 8.99. The maximum atomic E-state index is 12.1. The topological polar surface area (TPSA) is 62.2 Å². The maximum Gasteiger partial charge on any atom is 0.226 e. The van der Waals surface area contributed by atoms with Crippen LogP contribution in [0.3, 0.4) is 0 Å². The number of aromatic nitrogens is 1. The fraction of sp³-hybridized carbons (Fsp3) is 0.467. The maximum absolute atomic E-state index is 12.1. The number of rotatable bonds is 4. The van der Waals surface area contributed by atoms with Crippen molar-refractivity contribution in [3.63, 3.8) is 0 Å². The van der Waals surface area contributed by atoms with Gasteiger partial charge in [0.15, 0.2) is 0 Å². The molecule has 0 spiro atoms. The molecule has 2 heterocycles. The van der Waals surface area contributed by atoms with Gasteiger partial charge in [-0.2, -0.15) is 11.3 Å². The highest BCUT2D eigenvalue weighted by Crippen LogP contribution is 2.26. The molecule has 0 aliphatic heterocycles. The van der Waals surface area contributed by atoms with Crippen LogP contribution in [-0.2, 0) is 11.2 Å². The molecule has 2 N–H and O–H groups in total. The predicted octanol–water partition coefficient (Wildman–Crippen LogP) is 2.83. The van der Waals surface area contributed by atoms with E-state index < -0.39 is 6.10 Å². The lowest BCUT2D eigenvalue weighted by Gasteiger charge is -2.28. The van der Waals surface area contributed by atoms with Gasteiger partial charge < -0.3 is 10.4 Å². The number of carbonyl (C=O) groups is 1. The standard InChI is InChI=1S/C15H18N2O2S2/c18-13-4-2-1-3-12(13)17-14(19)7-11-9-21-15(16-11)10-5-6-20-8-10/h5-6,8-9,12-13,18H,1-4,7H2,(H,17,19)/t12-,13-/m0/s1. The van der Waals surface area contributed by atoms with E-state index >= 15 is 0 Å². The van der Waals surface area contributed by atoms with Gasteiger partial charge in [-0.15, -0.1) is 11.3 Å². The van der Waals surface area contributed by atoms with Crippen LogP contribution in [0.25, 0.3) is 10.6 Å². The van der Waals surface area contributed by atoms with Gasteiger partial charge in [0.05, 0.1) is 24.3 Å². The van der Waals surface area contributed by atoms with Crippen molar-refractivity contribution in [3.05, 3.63) is 27.9 Å². The van der Waals surface area contributed by atoms with Gasteiger partial charge in [-0.1, -0.05) is 12.8 Å². The highest BCUT2D eigenvalue weighted by Gasteiger charge is 2.24. The van der Waals surface area contributed by atoms with Gasteiger partial charge in [-0.25, -0.2) is 4.98 Å². The Morgan fingerprint density at radius 2 is 2.24 bits per heavy atom. The predicted molar refractivity (Wildman–Crippen MR) is 85.5 cm³/mol. The molecular formula is C15H18N2O2S2. The molecule has 112 valence electrons. The van der Waals surface area contributed by atoms with Crippen LogP contribution in [0.15, 0.2) is 22.2 Å². The summed E-state index contributed by atoms with van der Waals surface area (Å²) in [4.78, 5) is 16.6. The van der Waals surface area contributed by atoms with Crippen molar-refractivity contribution in [3.8, 4) is 10.6 Å². The molecule has 21 heavy (non-hydrogen) atoms. The van der Waals surface area contributed by atoms with Crippen LogP contribution in [0, 0.1) is 0 Å². The van der Waals surface area contributed by atoms with E-state index in [1.165, 1.54) is 0 Å². The van der Waals surface area contributed by atoms with Crippen LogP contribution in [0.2, 0.25) is 0 Å². The Bertz CT molecular complexity index is 595. The van der Waals surface area contributed by atoms with Gasteiger partial charge in [0.1, 0.15) is 5.01 Å². The molecule has 6 heteroatoms. The van der Waals surface area contributed by atoms with Gasteiger partial charge in [0.25, 0.3) is 0 Å². The van der Waals surface area contributed by atoms with Crippen molar-refractivity contribution in [2.24, 2.45) is 0 Å². The molecule has 2 aromatic rings. The van der Waals surface area contributed by atoms with Crippen molar-refractivity contribution in [1.29, 1.82) is 0 Å². The molecule has 0 radical (unpaired) electrons. The van der Waals surface area contributed by atoms with Gasteiger partial charge in [-0.05, 0) is 24.3 Å². The number of nitrogens with one attached hydrogen (secondary N) is 1. The lowest BCUT2D eigenvalue weighted by molar-refractivity contribution is -0.122. The zero-order valence-corrected chi connectivity index (χ0v) is 13.3. The molecule has 0 unspecified atom stereocenters. The Morgan fingerprint density at radius 3 is 3.00 bits per heavy atom. The lowest BCUT2D eigenvalue weighted by Crippen LogP contribution is -2.45. The van der Waals surface area contributed by atoms with E-state index in [2.05, 4.69) is 15.7 Å².